The van der Waals surface area contributed by atoms with Crippen LogP contribution in [0.2, 0.25) is 0 Å². The summed E-state index contributed by atoms with van der Waals surface area (Å²) >= 11 is 3.34. The summed E-state index contributed by atoms with van der Waals surface area (Å²) in [6, 6.07) is 5.60. The first-order valence-electron chi connectivity index (χ1n) is 6.05. The average molecular weight is 440 g/mol. The fourth-order valence-electron chi connectivity index (χ4n) is 1.82. The number of sulfonamides is 1. The van der Waals surface area contributed by atoms with Gasteiger partial charge in [0.1, 0.15) is 10.7 Å². The van der Waals surface area contributed by atoms with Crippen LogP contribution in [0.25, 0.3) is 0 Å². The van der Waals surface area contributed by atoms with Crippen LogP contribution < -0.4 is 10.0 Å². The lowest BCUT2D eigenvalue weighted by Crippen LogP contribution is -2.14. The first-order valence-corrected chi connectivity index (χ1v) is 9.43. The molecule has 0 aliphatic heterocycles. The van der Waals surface area contributed by atoms with E-state index in [0.717, 1.165) is 9.75 Å². The molecule has 0 atom stereocenters. The molecule has 0 unspecified atom stereocenters. The summed E-state index contributed by atoms with van der Waals surface area (Å²) < 4.78 is 41.0. The van der Waals surface area contributed by atoms with Crippen molar-refractivity contribution >= 4 is 49.6 Å². The summed E-state index contributed by atoms with van der Waals surface area (Å²) in [5, 5.41) is 2.99. The average Bonchev–Trinajstić information content (AvgIpc) is 2.75. The molecule has 4 nitrogen and oxygen atoms in total. The van der Waals surface area contributed by atoms with Crippen LogP contribution in [0.3, 0.4) is 0 Å². The van der Waals surface area contributed by atoms with Gasteiger partial charge >= 0.3 is 0 Å². The smallest absolute Gasteiger partial charge is 0.263 e. The maximum absolute atomic E-state index is 13.1. The van der Waals surface area contributed by atoms with Gasteiger partial charge in [0.2, 0.25) is 0 Å². The quantitative estimate of drug-likeness (QED) is 0.702. The molecule has 2 N–H and O–H groups in total. The van der Waals surface area contributed by atoms with Crippen LogP contribution in [0.5, 0.6) is 0 Å². The highest BCUT2D eigenvalue weighted by atomic mass is 127. The van der Waals surface area contributed by atoms with Crippen LogP contribution in [-0.4, -0.2) is 15.5 Å². The number of benzene rings is 1. The zero-order valence-corrected chi connectivity index (χ0v) is 15.2. The van der Waals surface area contributed by atoms with Crippen LogP contribution in [0, 0.1) is 16.3 Å². The summed E-state index contributed by atoms with van der Waals surface area (Å²) in [5.41, 5.74) is 0.373. The van der Waals surface area contributed by atoms with Gasteiger partial charge in [-0.05, 0) is 60.8 Å². The second kappa shape index (κ2) is 6.59. The van der Waals surface area contributed by atoms with E-state index in [2.05, 4.69) is 10.0 Å². The second-order valence-electron chi connectivity index (χ2n) is 4.39. The largest absolute Gasteiger partial charge is 0.315 e. The molecule has 2 aromatic rings. The van der Waals surface area contributed by atoms with Crippen LogP contribution in [0.1, 0.15) is 9.75 Å². The van der Waals surface area contributed by atoms with E-state index in [1.807, 2.05) is 29.6 Å². The predicted octanol–water partition coefficient (Wildman–Crippen LogP) is 3.32. The Balaban J connectivity index is 2.34. The molecule has 8 heteroatoms. The lowest BCUT2D eigenvalue weighted by atomic mass is 10.3. The SMILES string of the molecule is CNCc1cc(S(=O)(=O)Nc2ccc(F)cc2I)c(C)s1. The fourth-order valence-corrected chi connectivity index (χ4v) is 5.35. The molecule has 0 radical (unpaired) electrons. The summed E-state index contributed by atoms with van der Waals surface area (Å²) in [5.74, 6) is -0.398. The van der Waals surface area contributed by atoms with E-state index in [4.69, 9.17) is 0 Å². The highest BCUT2D eigenvalue weighted by Crippen LogP contribution is 2.28. The lowest BCUT2D eigenvalue weighted by Gasteiger charge is -2.09. The Labute approximate surface area is 141 Å². The maximum atomic E-state index is 13.1. The van der Waals surface area contributed by atoms with Gasteiger partial charge in [-0.25, -0.2) is 12.8 Å². The Morgan fingerprint density at radius 2 is 2.05 bits per heavy atom. The summed E-state index contributed by atoms with van der Waals surface area (Å²) in [7, 11) is -1.86. The van der Waals surface area contributed by atoms with Crippen molar-refractivity contribution in [2.45, 2.75) is 18.4 Å². The number of hydrogen-bond acceptors (Lipinski definition) is 4. The van der Waals surface area contributed by atoms with Crippen molar-refractivity contribution in [3.63, 3.8) is 0 Å². The van der Waals surface area contributed by atoms with Crippen LogP contribution in [0.15, 0.2) is 29.2 Å². The van der Waals surface area contributed by atoms with Crippen molar-refractivity contribution in [2.75, 3.05) is 11.8 Å². The Hall–Kier alpha value is -0.710. The van der Waals surface area contributed by atoms with Gasteiger partial charge in [-0.2, -0.15) is 0 Å². The lowest BCUT2D eigenvalue weighted by molar-refractivity contribution is 0.600. The van der Waals surface area contributed by atoms with E-state index in [9.17, 15) is 12.8 Å². The zero-order valence-electron chi connectivity index (χ0n) is 11.4. The van der Waals surface area contributed by atoms with Crippen molar-refractivity contribution in [1.29, 1.82) is 0 Å². The third kappa shape index (κ3) is 3.93. The number of rotatable bonds is 5. The number of hydrogen-bond donors (Lipinski definition) is 2. The van der Waals surface area contributed by atoms with E-state index in [-0.39, 0.29) is 4.90 Å². The molecule has 1 aromatic heterocycles. The third-order valence-electron chi connectivity index (χ3n) is 2.74. The van der Waals surface area contributed by atoms with Gasteiger partial charge in [-0.3, -0.25) is 4.72 Å². The van der Waals surface area contributed by atoms with Gasteiger partial charge in [0.05, 0.1) is 5.69 Å². The molecular weight excluding hydrogens is 426 g/mol. The van der Waals surface area contributed by atoms with Crippen LogP contribution in [-0.2, 0) is 16.6 Å². The van der Waals surface area contributed by atoms with Gasteiger partial charge in [0.15, 0.2) is 0 Å². The van der Waals surface area contributed by atoms with Gasteiger partial charge in [-0.15, -0.1) is 11.3 Å². The van der Waals surface area contributed by atoms with Crippen molar-refractivity contribution in [1.82, 2.24) is 5.32 Å². The minimum atomic E-state index is -3.67. The molecule has 0 aliphatic carbocycles. The number of aryl methyl sites for hydroxylation is 1. The van der Waals surface area contributed by atoms with Crippen molar-refractivity contribution in [3.8, 4) is 0 Å². The molecule has 0 saturated carbocycles. The second-order valence-corrected chi connectivity index (χ2v) is 8.55. The number of halogens is 2. The molecule has 1 heterocycles. The predicted molar refractivity (Wildman–Crippen MR) is 91.7 cm³/mol. The Kier molecular flexibility index (Phi) is 5.23. The first-order chi connectivity index (χ1) is 9.83. The molecule has 21 heavy (non-hydrogen) atoms. The topological polar surface area (TPSA) is 58.2 Å². The molecular formula is C13H14FIN2O2S2. The molecule has 0 amide bonds. The Bertz CT molecular complexity index is 760. The molecule has 114 valence electrons. The third-order valence-corrected chi connectivity index (χ3v) is 6.30. The minimum absolute atomic E-state index is 0.262. The molecule has 0 aliphatic rings. The molecule has 0 bridgehead atoms. The molecule has 0 fully saturated rings. The van der Waals surface area contributed by atoms with E-state index in [0.29, 0.717) is 15.8 Å². The number of anilines is 1. The van der Waals surface area contributed by atoms with E-state index in [1.165, 1.54) is 29.5 Å². The number of thiophene rings is 1. The Morgan fingerprint density at radius 1 is 1.33 bits per heavy atom. The summed E-state index contributed by atoms with van der Waals surface area (Å²) in [4.78, 5) is 1.94. The van der Waals surface area contributed by atoms with Crippen molar-refractivity contribution < 1.29 is 12.8 Å². The van der Waals surface area contributed by atoms with Crippen LogP contribution >= 0.6 is 33.9 Å². The van der Waals surface area contributed by atoms with Gasteiger partial charge < -0.3 is 5.32 Å². The molecule has 1 aromatic carbocycles. The number of nitrogens with one attached hydrogen (secondary N) is 2. The molecule has 0 spiro atoms. The van der Waals surface area contributed by atoms with E-state index < -0.39 is 15.8 Å². The van der Waals surface area contributed by atoms with Crippen LogP contribution in [0.4, 0.5) is 10.1 Å². The maximum Gasteiger partial charge on any atom is 0.263 e. The van der Waals surface area contributed by atoms with E-state index >= 15 is 0 Å². The normalized spacial score (nSPS) is 11.6. The summed E-state index contributed by atoms with van der Waals surface area (Å²) in [6.45, 7) is 2.39. The van der Waals surface area contributed by atoms with Gasteiger partial charge in [0, 0.05) is 19.9 Å². The monoisotopic (exact) mass is 440 g/mol. The van der Waals surface area contributed by atoms with Crippen molar-refractivity contribution in [2.24, 2.45) is 0 Å². The zero-order chi connectivity index (χ0) is 15.6. The highest BCUT2D eigenvalue weighted by molar-refractivity contribution is 14.1. The van der Waals surface area contributed by atoms with E-state index in [1.54, 1.807) is 13.0 Å². The Morgan fingerprint density at radius 3 is 2.67 bits per heavy atom. The minimum Gasteiger partial charge on any atom is -0.315 e. The highest BCUT2D eigenvalue weighted by Gasteiger charge is 2.21. The van der Waals surface area contributed by atoms with Crippen molar-refractivity contribution in [3.05, 3.63) is 43.4 Å². The van der Waals surface area contributed by atoms with Gasteiger partial charge in [0.25, 0.3) is 10.0 Å². The first kappa shape index (κ1) is 16.7. The van der Waals surface area contributed by atoms with Gasteiger partial charge in [-0.1, -0.05) is 0 Å². The standard InChI is InChI=1S/C13H14FIN2O2S2/c1-8-13(6-10(20-8)7-16-2)21(18,19)17-12-4-3-9(14)5-11(12)15/h3-6,16-17H,7H2,1-2H3. The molecule has 0 saturated heterocycles. The summed E-state index contributed by atoms with van der Waals surface area (Å²) in [6.07, 6.45) is 0. The molecule has 2 rings (SSSR count). The fraction of sp³-hybridized carbons (Fsp3) is 0.231.